The van der Waals surface area contributed by atoms with Crippen LogP contribution in [-0.4, -0.2) is 26.2 Å². The molecule has 0 radical (unpaired) electrons. The number of esters is 1. The van der Waals surface area contributed by atoms with Gasteiger partial charge in [-0.05, 0) is 26.2 Å². The van der Waals surface area contributed by atoms with Gasteiger partial charge in [-0.3, -0.25) is 0 Å². The fourth-order valence-corrected chi connectivity index (χ4v) is 2.14. The SMILES string of the molecule is CC1OC(=O)/C1=C\CCCCCS(N)(=O)=O. The Kier molecular flexibility index (Phi) is 4.49. The van der Waals surface area contributed by atoms with Crippen LogP contribution in [-0.2, 0) is 19.6 Å². The minimum Gasteiger partial charge on any atom is -0.454 e. The topological polar surface area (TPSA) is 86.5 Å². The van der Waals surface area contributed by atoms with E-state index in [9.17, 15) is 13.2 Å². The lowest BCUT2D eigenvalue weighted by Gasteiger charge is -2.25. The van der Waals surface area contributed by atoms with Crippen molar-refractivity contribution < 1.29 is 17.9 Å². The summed E-state index contributed by atoms with van der Waals surface area (Å²) in [5.41, 5.74) is 0.728. The van der Waals surface area contributed by atoms with Crippen LogP contribution in [0.3, 0.4) is 0 Å². The number of primary sulfonamides is 1. The molecular formula is C10H17NO4S. The second-order valence-electron chi connectivity index (χ2n) is 3.92. The number of carbonyl (C=O) groups excluding carboxylic acids is 1. The van der Waals surface area contributed by atoms with Crippen molar-refractivity contribution in [3.63, 3.8) is 0 Å². The minimum absolute atomic E-state index is 0.0298. The highest BCUT2D eigenvalue weighted by Crippen LogP contribution is 2.21. The maximum absolute atomic E-state index is 10.9. The van der Waals surface area contributed by atoms with Crippen LogP contribution in [0, 0.1) is 0 Å². The quantitative estimate of drug-likeness (QED) is 0.425. The van der Waals surface area contributed by atoms with E-state index in [-0.39, 0.29) is 17.8 Å². The first-order valence-corrected chi connectivity index (χ1v) is 7.03. The molecule has 0 aromatic carbocycles. The summed E-state index contributed by atoms with van der Waals surface area (Å²) in [7, 11) is -3.33. The number of cyclic esters (lactones) is 1. The molecule has 16 heavy (non-hydrogen) atoms. The van der Waals surface area contributed by atoms with Crippen LogP contribution in [0.4, 0.5) is 0 Å². The molecule has 92 valence electrons. The van der Waals surface area contributed by atoms with Crippen molar-refractivity contribution in [1.29, 1.82) is 0 Å². The Hall–Kier alpha value is -0.880. The van der Waals surface area contributed by atoms with Gasteiger partial charge in [0, 0.05) is 0 Å². The first-order valence-electron chi connectivity index (χ1n) is 5.31. The first-order chi connectivity index (χ1) is 7.40. The zero-order chi connectivity index (χ0) is 12.2. The number of carbonyl (C=O) groups is 1. The van der Waals surface area contributed by atoms with Gasteiger partial charge in [0.1, 0.15) is 6.10 Å². The molecule has 0 spiro atoms. The molecular weight excluding hydrogens is 230 g/mol. The van der Waals surface area contributed by atoms with E-state index in [0.717, 1.165) is 24.8 Å². The molecule has 1 rings (SSSR count). The fraction of sp³-hybridized carbons (Fsp3) is 0.700. The summed E-state index contributed by atoms with van der Waals surface area (Å²) in [5.74, 6) is -0.209. The molecule has 0 aliphatic carbocycles. The first kappa shape index (κ1) is 13.2. The van der Waals surface area contributed by atoms with E-state index in [2.05, 4.69) is 0 Å². The highest BCUT2D eigenvalue weighted by molar-refractivity contribution is 7.89. The Morgan fingerprint density at radius 3 is 2.56 bits per heavy atom. The lowest BCUT2D eigenvalue weighted by molar-refractivity contribution is -0.154. The Morgan fingerprint density at radius 2 is 2.06 bits per heavy atom. The van der Waals surface area contributed by atoms with Gasteiger partial charge in [0.25, 0.3) is 0 Å². The lowest BCUT2D eigenvalue weighted by Crippen LogP contribution is -2.33. The second-order valence-corrected chi connectivity index (χ2v) is 5.66. The molecule has 0 amide bonds. The van der Waals surface area contributed by atoms with Gasteiger partial charge in [0.05, 0.1) is 11.3 Å². The summed E-state index contributed by atoms with van der Waals surface area (Å²) in [6.07, 6.45) is 4.79. The average Bonchev–Trinajstić information content (AvgIpc) is 2.14. The van der Waals surface area contributed by atoms with E-state index in [4.69, 9.17) is 9.88 Å². The van der Waals surface area contributed by atoms with Crippen LogP contribution in [0.25, 0.3) is 0 Å². The standard InChI is InChI=1S/C10H17NO4S/c1-8-9(10(12)15-8)6-4-2-3-5-7-16(11,13)14/h6,8H,2-5,7H2,1H3,(H2,11,13,14)/b9-6-. The monoisotopic (exact) mass is 247 g/mol. The molecule has 1 aliphatic rings. The number of hydrogen-bond acceptors (Lipinski definition) is 4. The van der Waals surface area contributed by atoms with Gasteiger partial charge in [-0.25, -0.2) is 18.4 Å². The number of rotatable bonds is 6. The molecule has 1 fully saturated rings. The van der Waals surface area contributed by atoms with E-state index in [0.29, 0.717) is 6.42 Å². The molecule has 0 aromatic rings. The molecule has 1 aliphatic heterocycles. The van der Waals surface area contributed by atoms with Gasteiger partial charge in [-0.1, -0.05) is 12.5 Å². The Bertz CT molecular complexity index is 386. The summed E-state index contributed by atoms with van der Waals surface area (Å²) in [4.78, 5) is 10.9. The number of nitrogens with two attached hydrogens (primary N) is 1. The van der Waals surface area contributed by atoms with Gasteiger partial charge in [-0.15, -0.1) is 0 Å². The second kappa shape index (κ2) is 5.45. The molecule has 0 bridgehead atoms. The molecule has 2 N–H and O–H groups in total. The van der Waals surface area contributed by atoms with Crippen LogP contribution >= 0.6 is 0 Å². The van der Waals surface area contributed by atoms with Crippen LogP contribution in [0.15, 0.2) is 11.6 Å². The van der Waals surface area contributed by atoms with Gasteiger partial charge in [-0.2, -0.15) is 0 Å². The molecule has 1 heterocycles. The highest BCUT2D eigenvalue weighted by atomic mass is 32.2. The largest absolute Gasteiger partial charge is 0.454 e. The van der Waals surface area contributed by atoms with Crippen LogP contribution < -0.4 is 5.14 Å². The maximum atomic E-state index is 10.9. The maximum Gasteiger partial charge on any atom is 0.338 e. The number of hydrogen-bond donors (Lipinski definition) is 1. The summed E-state index contributed by atoms with van der Waals surface area (Å²) >= 11 is 0. The fourth-order valence-electron chi connectivity index (χ4n) is 1.53. The van der Waals surface area contributed by atoms with Crippen molar-refractivity contribution >= 4 is 16.0 Å². The van der Waals surface area contributed by atoms with Gasteiger partial charge in [0.15, 0.2) is 0 Å². The average molecular weight is 247 g/mol. The van der Waals surface area contributed by atoms with Crippen molar-refractivity contribution in [3.8, 4) is 0 Å². The highest BCUT2D eigenvalue weighted by Gasteiger charge is 2.30. The van der Waals surface area contributed by atoms with Crippen molar-refractivity contribution in [2.75, 3.05) is 5.75 Å². The summed E-state index contributed by atoms with van der Waals surface area (Å²) < 4.78 is 26.0. The molecule has 1 atom stereocenters. The smallest absolute Gasteiger partial charge is 0.338 e. The van der Waals surface area contributed by atoms with E-state index in [1.54, 1.807) is 0 Å². The van der Waals surface area contributed by atoms with E-state index < -0.39 is 10.0 Å². The van der Waals surface area contributed by atoms with Gasteiger partial charge in [0.2, 0.25) is 10.0 Å². The zero-order valence-electron chi connectivity index (χ0n) is 9.31. The summed E-state index contributed by atoms with van der Waals surface area (Å²) in [6.45, 7) is 1.83. The molecule has 1 unspecified atom stereocenters. The predicted molar refractivity (Wildman–Crippen MR) is 60.1 cm³/mol. The number of ether oxygens (including phenoxy) is 1. The zero-order valence-corrected chi connectivity index (χ0v) is 10.1. The lowest BCUT2D eigenvalue weighted by atomic mass is 10.0. The van der Waals surface area contributed by atoms with Crippen LogP contribution in [0.5, 0.6) is 0 Å². The summed E-state index contributed by atoms with van der Waals surface area (Å²) in [6, 6.07) is 0. The van der Waals surface area contributed by atoms with E-state index >= 15 is 0 Å². The molecule has 1 saturated heterocycles. The third kappa shape index (κ3) is 4.32. The summed E-state index contributed by atoms with van der Waals surface area (Å²) in [5, 5.41) is 4.86. The number of unbranched alkanes of at least 4 members (excludes halogenated alkanes) is 3. The molecule has 6 heteroatoms. The Balaban J connectivity index is 2.11. The third-order valence-corrected chi connectivity index (χ3v) is 3.31. The van der Waals surface area contributed by atoms with Crippen LogP contribution in [0.1, 0.15) is 32.6 Å². The molecule has 5 nitrogen and oxygen atoms in total. The van der Waals surface area contributed by atoms with E-state index in [1.807, 2.05) is 13.0 Å². The Labute approximate surface area is 95.7 Å². The van der Waals surface area contributed by atoms with Gasteiger partial charge >= 0.3 is 5.97 Å². The van der Waals surface area contributed by atoms with Crippen molar-refractivity contribution in [2.45, 2.75) is 38.7 Å². The van der Waals surface area contributed by atoms with Crippen molar-refractivity contribution in [3.05, 3.63) is 11.6 Å². The molecule has 0 saturated carbocycles. The predicted octanol–water partition coefficient (Wildman–Crippen LogP) is 0.707. The van der Waals surface area contributed by atoms with Gasteiger partial charge < -0.3 is 4.74 Å². The number of sulfonamides is 1. The van der Waals surface area contributed by atoms with Crippen molar-refractivity contribution in [2.24, 2.45) is 5.14 Å². The normalized spacial score (nSPS) is 23.0. The van der Waals surface area contributed by atoms with E-state index in [1.165, 1.54) is 0 Å². The Morgan fingerprint density at radius 1 is 1.38 bits per heavy atom. The van der Waals surface area contributed by atoms with Crippen molar-refractivity contribution in [1.82, 2.24) is 0 Å². The third-order valence-electron chi connectivity index (χ3n) is 2.45. The van der Waals surface area contributed by atoms with Crippen LogP contribution in [0.2, 0.25) is 0 Å². The molecule has 0 aromatic heterocycles. The number of allylic oxidation sites excluding steroid dienone is 1. The minimum atomic E-state index is -3.33.